The molecule has 1 N–H and O–H groups in total. The Hall–Kier alpha value is -2.37. The van der Waals surface area contributed by atoms with Crippen molar-refractivity contribution in [2.45, 2.75) is 18.9 Å². The lowest BCUT2D eigenvalue weighted by Gasteiger charge is -2.19. The zero-order valence-electron chi connectivity index (χ0n) is 11.5. The van der Waals surface area contributed by atoms with Crippen molar-refractivity contribution in [3.05, 3.63) is 65.2 Å². The Labute approximate surface area is 125 Å². The Balaban J connectivity index is 1.88. The second-order valence-corrected chi connectivity index (χ2v) is 5.31. The molecule has 1 aliphatic carbocycles. The van der Waals surface area contributed by atoms with Crippen molar-refractivity contribution in [1.82, 2.24) is 10.3 Å². The molecule has 0 aliphatic heterocycles. The molecule has 1 aromatic heterocycles. The van der Waals surface area contributed by atoms with Crippen LogP contribution in [0.25, 0.3) is 0 Å². The maximum atomic E-state index is 13.9. The Morgan fingerprint density at radius 3 is 2.64 bits per heavy atom. The van der Waals surface area contributed by atoms with Gasteiger partial charge in [0.1, 0.15) is 11.6 Å². The van der Waals surface area contributed by atoms with Gasteiger partial charge in [0.2, 0.25) is 0 Å². The summed E-state index contributed by atoms with van der Waals surface area (Å²) in [6.07, 6.45) is 3.84. The van der Waals surface area contributed by atoms with Gasteiger partial charge in [-0.05, 0) is 43.0 Å². The fourth-order valence-corrected chi connectivity index (χ4v) is 2.41. The molecule has 3 nitrogen and oxygen atoms in total. The second kappa shape index (κ2) is 5.79. The summed E-state index contributed by atoms with van der Waals surface area (Å²) in [4.78, 5) is 15.8. The molecule has 1 atom stereocenters. The highest BCUT2D eigenvalue weighted by Gasteiger charge is 2.35. The number of carbonyl (C=O) groups excluding carboxylic acids is 1. The van der Waals surface area contributed by atoms with Crippen LogP contribution >= 0.6 is 0 Å². The highest BCUT2D eigenvalue weighted by molar-refractivity contribution is 5.94. The van der Waals surface area contributed by atoms with Crippen LogP contribution in [0.2, 0.25) is 0 Å². The number of nitrogens with one attached hydrogen (secondary N) is 1. The minimum absolute atomic E-state index is 0.0325. The molecule has 114 valence electrons. The first kappa shape index (κ1) is 14.6. The molecule has 1 aliphatic rings. The fraction of sp³-hybridized carbons (Fsp3) is 0.250. The number of amides is 1. The summed E-state index contributed by atoms with van der Waals surface area (Å²) in [5.41, 5.74) is -0.0808. The van der Waals surface area contributed by atoms with E-state index in [1.807, 2.05) is 0 Å². The fourth-order valence-electron chi connectivity index (χ4n) is 2.41. The zero-order chi connectivity index (χ0) is 15.7. The van der Waals surface area contributed by atoms with Gasteiger partial charge in [-0.3, -0.25) is 9.78 Å². The van der Waals surface area contributed by atoms with E-state index in [0.717, 1.165) is 37.2 Å². The topological polar surface area (TPSA) is 42.0 Å². The van der Waals surface area contributed by atoms with Gasteiger partial charge in [-0.25, -0.2) is 13.2 Å². The number of hydrogen-bond acceptors (Lipinski definition) is 2. The van der Waals surface area contributed by atoms with Crippen molar-refractivity contribution in [3.63, 3.8) is 0 Å². The third-order valence-corrected chi connectivity index (χ3v) is 3.69. The number of rotatable bonds is 4. The summed E-state index contributed by atoms with van der Waals surface area (Å²) in [6, 6.07) is 3.69. The molecule has 0 spiro atoms. The minimum Gasteiger partial charge on any atom is -0.345 e. The van der Waals surface area contributed by atoms with Gasteiger partial charge in [0, 0.05) is 11.8 Å². The lowest BCUT2D eigenvalue weighted by Crippen LogP contribution is -2.31. The number of pyridine rings is 1. The average molecular weight is 306 g/mol. The van der Waals surface area contributed by atoms with E-state index < -0.39 is 29.4 Å². The van der Waals surface area contributed by atoms with E-state index >= 15 is 0 Å². The molecule has 22 heavy (non-hydrogen) atoms. The van der Waals surface area contributed by atoms with Gasteiger partial charge in [0.15, 0.2) is 5.82 Å². The van der Waals surface area contributed by atoms with Gasteiger partial charge in [-0.1, -0.05) is 0 Å². The summed E-state index contributed by atoms with van der Waals surface area (Å²) in [5.74, 6) is -2.56. The summed E-state index contributed by atoms with van der Waals surface area (Å²) < 4.78 is 40.9. The predicted molar refractivity (Wildman–Crippen MR) is 73.5 cm³/mol. The van der Waals surface area contributed by atoms with Crippen LogP contribution in [0.1, 0.15) is 34.8 Å². The summed E-state index contributed by atoms with van der Waals surface area (Å²) in [5, 5.41) is 2.61. The van der Waals surface area contributed by atoms with Crippen molar-refractivity contribution in [2.24, 2.45) is 5.92 Å². The van der Waals surface area contributed by atoms with Gasteiger partial charge >= 0.3 is 0 Å². The molecule has 0 unspecified atom stereocenters. The number of halogens is 3. The standard InChI is InChI=1S/C16H13F3N2O/c17-10-3-4-13(18)12(7-10)15(9-1-2-9)21-16(22)11-5-6-20-8-14(11)19/h3-9,15H,1-2H2,(H,21,22)/t15-/m1/s1. The highest BCUT2D eigenvalue weighted by atomic mass is 19.1. The number of carbonyl (C=O) groups is 1. The molecule has 1 aromatic carbocycles. The molecular formula is C16H13F3N2O. The Morgan fingerprint density at radius 1 is 1.18 bits per heavy atom. The number of benzene rings is 1. The lowest BCUT2D eigenvalue weighted by molar-refractivity contribution is 0.0926. The van der Waals surface area contributed by atoms with Gasteiger partial charge in [0.05, 0.1) is 17.8 Å². The van der Waals surface area contributed by atoms with Crippen LogP contribution in [0.5, 0.6) is 0 Å². The first-order valence-electron chi connectivity index (χ1n) is 6.91. The molecule has 1 saturated carbocycles. The number of hydrogen-bond donors (Lipinski definition) is 1. The quantitative estimate of drug-likeness (QED) is 0.941. The first-order chi connectivity index (χ1) is 10.6. The number of nitrogens with zero attached hydrogens (tertiary/aromatic N) is 1. The third kappa shape index (κ3) is 2.95. The van der Waals surface area contributed by atoms with Gasteiger partial charge < -0.3 is 5.32 Å². The molecule has 1 amide bonds. The third-order valence-electron chi connectivity index (χ3n) is 3.69. The maximum absolute atomic E-state index is 13.9. The average Bonchev–Trinajstić information content (AvgIpc) is 3.32. The van der Waals surface area contributed by atoms with Crippen LogP contribution in [0.4, 0.5) is 13.2 Å². The molecule has 6 heteroatoms. The van der Waals surface area contributed by atoms with Crippen LogP contribution in [-0.2, 0) is 0 Å². The van der Waals surface area contributed by atoms with E-state index in [4.69, 9.17) is 0 Å². The van der Waals surface area contributed by atoms with Crippen LogP contribution < -0.4 is 5.32 Å². The zero-order valence-corrected chi connectivity index (χ0v) is 11.5. The van der Waals surface area contributed by atoms with Crippen molar-refractivity contribution >= 4 is 5.91 Å². The van der Waals surface area contributed by atoms with Gasteiger partial charge in [-0.2, -0.15) is 0 Å². The summed E-state index contributed by atoms with van der Waals surface area (Å²) >= 11 is 0. The minimum atomic E-state index is -0.755. The van der Waals surface area contributed by atoms with Crippen LogP contribution in [0.3, 0.4) is 0 Å². The SMILES string of the molecule is O=C(N[C@@H](c1cc(F)ccc1F)C1CC1)c1ccncc1F. The van der Waals surface area contributed by atoms with Crippen molar-refractivity contribution < 1.29 is 18.0 Å². The van der Waals surface area contributed by atoms with E-state index in [-0.39, 0.29) is 17.0 Å². The molecule has 1 fully saturated rings. The van der Waals surface area contributed by atoms with Crippen LogP contribution in [-0.4, -0.2) is 10.9 Å². The Morgan fingerprint density at radius 2 is 1.95 bits per heavy atom. The Bertz CT molecular complexity index is 716. The molecule has 3 rings (SSSR count). The molecule has 0 bridgehead atoms. The van der Waals surface area contributed by atoms with Gasteiger partial charge in [-0.15, -0.1) is 0 Å². The van der Waals surface area contributed by atoms with E-state index in [1.54, 1.807) is 0 Å². The van der Waals surface area contributed by atoms with Crippen molar-refractivity contribution in [3.8, 4) is 0 Å². The van der Waals surface area contributed by atoms with E-state index in [9.17, 15) is 18.0 Å². The largest absolute Gasteiger partial charge is 0.345 e. The van der Waals surface area contributed by atoms with Crippen molar-refractivity contribution in [2.75, 3.05) is 0 Å². The van der Waals surface area contributed by atoms with E-state index in [0.29, 0.717) is 0 Å². The molecule has 0 saturated heterocycles. The normalized spacial score (nSPS) is 15.4. The lowest BCUT2D eigenvalue weighted by atomic mass is 10.0. The molecular weight excluding hydrogens is 293 g/mol. The predicted octanol–water partition coefficient (Wildman–Crippen LogP) is 3.38. The van der Waals surface area contributed by atoms with Crippen LogP contribution in [0, 0.1) is 23.4 Å². The second-order valence-electron chi connectivity index (χ2n) is 5.31. The smallest absolute Gasteiger partial charge is 0.254 e. The summed E-state index contributed by atoms with van der Waals surface area (Å²) in [6.45, 7) is 0. The maximum Gasteiger partial charge on any atom is 0.254 e. The van der Waals surface area contributed by atoms with E-state index in [2.05, 4.69) is 10.3 Å². The number of aromatic nitrogens is 1. The highest BCUT2D eigenvalue weighted by Crippen LogP contribution is 2.42. The molecule has 2 aromatic rings. The van der Waals surface area contributed by atoms with Gasteiger partial charge in [0.25, 0.3) is 5.91 Å². The van der Waals surface area contributed by atoms with Crippen LogP contribution in [0.15, 0.2) is 36.7 Å². The molecule has 1 heterocycles. The first-order valence-corrected chi connectivity index (χ1v) is 6.91. The Kier molecular flexibility index (Phi) is 3.83. The van der Waals surface area contributed by atoms with E-state index in [1.165, 1.54) is 12.3 Å². The van der Waals surface area contributed by atoms with Crippen molar-refractivity contribution in [1.29, 1.82) is 0 Å². The monoisotopic (exact) mass is 306 g/mol. The molecule has 0 radical (unpaired) electrons. The summed E-state index contributed by atoms with van der Waals surface area (Å²) in [7, 11) is 0.